The maximum absolute atomic E-state index is 5.39. The number of fused-ring (bicyclic) bond motifs is 3. The van der Waals surface area contributed by atoms with Gasteiger partial charge in [-0.15, -0.1) is 0 Å². The average Bonchev–Trinajstić information content (AvgIpc) is 3.17. The van der Waals surface area contributed by atoms with Gasteiger partial charge in [-0.2, -0.15) is 5.10 Å². The molecule has 1 saturated heterocycles. The number of hydrogen-bond acceptors (Lipinski definition) is 5. The second-order valence-electron chi connectivity index (χ2n) is 7.93. The normalized spacial score (nSPS) is 16.4. The molecule has 5 nitrogen and oxygen atoms in total. The molecule has 2 aliphatic rings. The summed E-state index contributed by atoms with van der Waals surface area (Å²) in [4.78, 5) is 2.59. The van der Waals surface area contributed by atoms with Crippen LogP contribution in [0, 0.1) is 0 Å². The SMILES string of the molecule is COc1ccc(/C=N/N2CCN(C3c4ccccc4-c4ccccc43)CC2)cc1OC. The molecule has 0 unspecified atom stereocenters. The first-order chi connectivity index (χ1) is 15.3. The lowest BCUT2D eigenvalue weighted by atomic mass is 10.0. The van der Waals surface area contributed by atoms with Crippen LogP contribution in [0.3, 0.4) is 0 Å². The van der Waals surface area contributed by atoms with E-state index in [4.69, 9.17) is 14.6 Å². The van der Waals surface area contributed by atoms with E-state index in [-0.39, 0.29) is 0 Å². The molecule has 0 radical (unpaired) electrons. The summed E-state index contributed by atoms with van der Waals surface area (Å²) in [7, 11) is 3.30. The third kappa shape index (κ3) is 3.66. The molecule has 1 aliphatic heterocycles. The summed E-state index contributed by atoms with van der Waals surface area (Å²) < 4.78 is 10.7. The number of methoxy groups -OCH3 is 2. The molecule has 0 spiro atoms. The predicted octanol–water partition coefficient (Wildman–Crippen LogP) is 4.43. The van der Waals surface area contributed by atoms with Crippen LogP contribution in [0.2, 0.25) is 0 Å². The smallest absolute Gasteiger partial charge is 0.161 e. The first kappa shape index (κ1) is 19.6. The second-order valence-corrected chi connectivity index (χ2v) is 7.93. The van der Waals surface area contributed by atoms with Crippen molar-refractivity contribution in [1.82, 2.24) is 9.91 Å². The van der Waals surface area contributed by atoms with E-state index in [0.717, 1.165) is 43.2 Å². The van der Waals surface area contributed by atoms with Gasteiger partial charge in [0, 0.05) is 26.2 Å². The molecule has 1 aliphatic carbocycles. The van der Waals surface area contributed by atoms with E-state index in [1.807, 2.05) is 24.4 Å². The largest absolute Gasteiger partial charge is 0.493 e. The summed E-state index contributed by atoms with van der Waals surface area (Å²) in [6.07, 6.45) is 1.90. The monoisotopic (exact) mass is 413 g/mol. The zero-order chi connectivity index (χ0) is 21.2. The van der Waals surface area contributed by atoms with Gasteiger partial charge in [0.05, 0.1) is 26.5 Å². The van der Waals surface area contributed by atoms with Crippen molar-refractivity contribution in [2.24, 2.45) is 5.10 Å². The van der Waals surface area contributed by atoms with Crippen LogP contribution in [0.4, 0.5) is 0 Å². The van der Waals surface area contributed by atoms with Gasteiger partial charge in [0.15, 0.2) is 11.5 Å². The van der Waals surface area contributed by atoms with Gasteiger partial charge in [-0.25, -0.2) is 0 Å². The van der Waals surface area contributed by atoms with Gasteiger partial charge in [-0.3, -0.25) is 9.91 Å². The van der Waals surface area contributed by atoms with Crippen molar-refractivity contribution in [2.75, 3.05) is 40.4 Å². The lowest BCUT2D eigenvalue weighted by Gasteiger charge is -2.37. The Kier molecular flexibility index (Phi) is 5.35. The molecule has 158 valence electrons. The summed E-state index contributed by atoms with van der Waals surface area (Å²) in [5, 5.41) is 6.87. The van der Waals surface area contributed by atoms with Crippen molar-refractivity contribution in [3.05, 3.63) is 83.4 Å². The van der Waals surface area contributed by atoms with Crippen LogP contribution in [-0.2, 0) is 0 Å². The number of benzene rings is 3. The molecule has 0 atom stereocenters. The fraction of sp³-hybridized carbons (Fsp3) is 0.269. The highest BCUT2D eigenvalue weighted by atomic mass is 16.5. The number of piperazine rings is 1. The minimum Gasteiger partial charge on any atom is -0.493 e. The molecule has 0 bridgehead atoms. The number of hydrazone groups is 1. The Bertz CT molecular complexity index is 1060. The van der Waals surface area contributed by atoms with Crippen LogP contribution < -0.4 is 9.47 Å². The molecule has 3 aromatic carbocycles. The third-order valence-corrected chi connectivity index (χ3v) is 6.23. The quantitative estimate of drug-likeness (QED) is 0.580. The second kappa shape index (κ2) is 8.44. The molecular weight excluding hydrogens is 386 g/mol. The van der Waals surface area contributed by atoms with E-state index in [0.29, 0.717) is 6.04 Å². The highest BCUT2D eigenvalue weighted by Crippen LogP contribution is 2.46. The summed E-state index contributed by atoms with van der Waals surface area (Å²) in [5.74, 6) is 1.44. The van der Waals surface area contributed by atoms with Crippen molar-refractivity contribution >= 4 is 6.21 Å². The van der Waals surface area contributed by atoms with E-state index < -0.39 is 0 Å². The fourth-order valence-electron chi connectivity index (χ4n) is 4.69. The molecule has 0 aromatic heterocycles. The van der Waals surface area contributed by atoms with E-state index >= 15 is 0 Å². The first-order valence-corrected chi connectivity index (χ1v) is 10.7. The maximum Gasteiger partial charge on any atom is 0.161 e. The molecule has 1 heterocycles. The molecular formula is C26H27N3O2. The molecule has 5 heteroatoms. The number of nitrogens with zero attached hydrogens (tertiary/aromatic N) is 3. The molecule has 3 aromatic rings. The lowest BCUT2D eigenvalue weighted by molar-refractivity contribution is 0.114. The topological polar surface area (TPSA) is 37.3 Å². The Labute approximate surface area is 183 Å². The summed E-state index contributed by atoms with van der Waals surface area (Å²) in [6.45, 7) is 3.78. The van der Waals surface area contributed by atoms with Crippen LogP contribution in [0.15, 0.2) is 71.8 Å². The molecule has 0 amide bonds. The van der Waals surface area contributed by atoms with E-state index in [2.05, 4.69) is 58.4 Å². The Hall–Kier alpha value is -3.31. The van der Waals surface area contributed by atoms with Gasteiger partial charge < -0.3 is 9.47 Å². The standard InChI is InChI=1S/C26H27N3O2/c1-30-24-12-11-19(17-25(24)31-2)18-27-29-15-13-28(14-16-29)26-22-9-5-3-7-20(22)21-8-4-6-10-23(21)26/h3-12,17-18,26H,13-16H2,1-2H3/b27-18+. The van der Waals surface area contributed by atoms with Crippen molar-refractivity contribution < 1.29 is 9.47 Å². The average molecular weight is 414 g/mol. The van der Waals surface area contributed by atoms with Gasteiger partial charge in [0.1, 0.15) is 0 Å². The van der Waals surface area contributed by atoms with Gasteiger partial charge in [-0.1, -0.05) is 48.5 Å². The summed E-state index contributed by atoms with van der Waals surface area (Å²) in [6, 6.07) is 23.8. The Balaban J connectivity index is 1.29. The molecule has 0 saturated carbocycles. The van der Waals surface area contributed by atoms with Crippen molar-refractivity contribution in [3.63, 3.8) is 0 Å². The van der Waals surface area contributed by atoms with Crippen LogP contribution in [0.25, 0.3) is 11.1 Å². The Morgan fingerprint density at radius 3 is 2.00 bits per heavy atom. The van der Waals surface area contributed by atoms with Crippen LogP contribution in [0.1, 0.15) is 22.7 Å². The zero-order valence-electron chi connectivity index (χ0n) is 18.0. The summed E-state index contributed by atoms with van der Waals surface area (Å²) in [5.41, 5.74) is 6.59. The molecule has 0 N–H and O–H groups in total. The highest BCUT2D eigenvalue weighted by molar-refractivity contribution is 5.81. The lowest BCUT2D eigenvalue weighted by Crippen LogP contribution is -2.45. The number of ether oxygens (including phenoxy) is 2. The minimum absolute atomic E-state index is 0.337. The Morgan fingerprint density at radius 1 is 0.774 bits per heavy atom. The zero-order valence-corrected chi connectivity index (χ0v) is 18.0. The van der Waals surface area contributed by atoms with Crippen molar-refractivity contribution in [2.45, 2.75) is 6.04 Å². The van der Waals surface area contributed by atoms with Crippen molar-refractivity contribution in [3.8, 4) is 22.6 Å². The van der Waals surface area contributed by atoms with Crippen LogP contribution >= 0.6 is 0 Å². The van der Waals surface area contributed by atoms with Crippen LogP contribution in [-0.4, -0.2) is 56.5 Å². The third-order valence-electron chi connectivity index (χ3n) is 6.23. The molecule has 1 fully saturated rings. The van der Waals surface area contributed by atoms with E-state index in [9.17, 15) is 0 Å². The number of hydrogen-bond donors (Lipinski definition) is 0. The van der Waals surface area contributed by atoms with Crippen LogP contribution in [0.5, 0.6) is 11.5 Å². The van der Waals surface area contributed by atoms with Gasteiger partial charge in [0.25, 0.3) is 0 Å². The summed E-state index contributed by atoms with van der Waals surface area (Å²) >= 11 is 0. The van der Waals surface area contributed by atoms with Gasteiger partial charge in [0.2, 0.25) is 0 Å². The van der Waals surface area contributed by atoms with E-state index in [1.165, 1.54) is 22.3 Å². The maximum atomic E-state index is 5.39. The number of rotatable bonds is 5. The first-order valence-electron chi connectivity index (χ1n) is 10.7. The van der Waals surface area contributed by atoms with E-state index in [1.54, 1.807) is 14.2 Å². The predicted molar refractivity (Wildman–Crippen MR) is 124 cm³/mol. The highest BCUT2D eigenvalue weighted by Gasteiger charge is 2.33. The molecule has 31 heavy (non-hydrogen) atoms. The molecule has 5 rings (SSSR count). The van der Waals surface area contributed by atoms with Gasteiger partial charge >= 0.3 is 0 Å². The van der Waals surface area contributed by atoms with Gasteiger partial charge in [-0.05, 0) is 46.0 Å². The minimum atomic E-state index is 0.337. The Morgan fingerprint density at radius 2 is 1.39 bits per heavy atom. The fourth-order valence-corrected chi connectivity index (χ4v) is 4.69. The van der Waals surface area contributed by atoms with Crippen molar-refractivity contribution in [1.29, 1.82) is 0 Å².